The lowest BCUT2D eigenvalue weighted by atomic mass is 10.3. The van der Waals surface area contributed by atoms with Gasteiger partial charge in [-0.2, -0.15) is 5.10 Å². The quantitative estimate of drug-likeness (QED) is 0.629. The first-order valence-corrected chi connectivity index (χ1v) is 5.50. The topological polar surface area (TPSA) is 77.6 Å². The Balaban J connectivity index is 2.14. The molecule has 5 heteroatoms. The van der Waals surface area contributed by atoms with Crippen LogP contribution in [0.4, 0.5) is 0 Å². The predicted octanol–water partition coefficient (Wildman–Crippen LogP) is 2.22. The Morgan fingerprint density at radius 2 is 2.24 bits per heavy atom. The third-order valence-electron chi connectivity index (χ3n) is 2.74. The molecule has 0 amide bonds. The van der Waals surface area contributed by atoms with Crippen LogP contribution in [0.3, 0.4) is 0 Å². The van der Waals surface area contributed by atoms with Gasteiger partial charge in [0, 0.05) is 0 Å². The van der Waals surface area contributed by atoms with Crippen molar-refractivity contribution in [1.29, 1.82) is 0 Å². The Hall–Kier alpha value is -2.30. The van der Waals surface area contributed by atoms with Crippen LogP contribution in [0.15, 0.2) is 24.3 Å². The fraction of sp³-hybridized carbons (Fsp3) is 0.167. The molecule has 0 unspecified atom stereocenters. The van der Waals surface area contributed by atoms with Crippen LogP contribution in [0.2, 0.25) is 0 Å². The molecule has 0 fully saturated rings. The van der Waals surface area contributed by atoms with E-state index >= 15 is 0 Å². The van der Waals surface area contributed by atoms with Gasteiger partial charge in [0.1, 0.15) is 17.0 Å². The summed E-state index contributed by atoms with van der Waals surface area (Å²) in [7, 11) is 0. The van der Waals surface area contributed by atoms with E-state index in [1.807, 2.05) is 19.1 Å². The van der Waals surface area contributed by atoms with Gasteiger partial charge in [-0.1, -0.05) is 13.0 Å². The molecule has 0 saturated heterocycles. The third-order valence-corrected chi connectivity index (χ3v) is 2.74. The average Bonchev–Trinajstić information content (AvgIpc) is 2.95. The van der Waals surface area contributed by atoms with Crippen molar-refractivity contribution >= 4 is 11.0 Å². The lowest BCUT2D eigenvalue weighted by molar-refractivity contribution is 0.480. The Morgan fingerprint density at radius 1 is 1.35 bits per heavy atom. The molecule has 1 aromatic carbocycles. The summed E-state index contributed by atoms with van der Waals surface area (Å²) in [4.78, 5) is 7.50. The zero-order valence-corrected chi connectivity index (χ0v) is 9.36. The summed E-state index contributed by atoms with van der Waals surface area (Å²) < 4.78 is 0. The summed E-state index contributed by atoms with van der Waals surface area (Å²) in [5.41, 5.74) is 3.21. The van der Waals surface area contributed by atoms with Gasteiger partial charge in [0.2, 0.25) is 0 Å². The molecule has 0 saturated carbocycles. The van der Waals surface area contributed by atoms with Crippen molar-refractivity contribution in [3.05, 3.63) is 30.0 Å². The second-order valence-corrected chi connectivity index (χ2v) is 3.89. The van der Waals surface area contributed by atoms with Crippen molar-refractivity contribution in [3.63, 3.8) is 0 Å². The van der Waals surface area contributed by atoms with Crippen LogP contribution >= 0.6 is 0 Å². The van der Waals surface area contributed by atoms with Gasteiger partial charge < -0.3 is 10.1 Å². The number of hydrogen-bond acceptors (Lipinski definition) is 3. The highest BCUT2D eigenvalue weighted by Gasteiger charge is 2.10. The van der Waals surface area contributed by atoms with Crippen molar-refractivity contribution in [2.24, 2.45) is 0 Å². The molecule has 17 heavy (non-hydrogen) atoms. The standard InChI is InChI=1S/C12H12N4O/c1-2-7-6-9(16-15-7)12-13-8-4-3-5-10(17)11(8)14-12/h3-6,17H,2H2,1H3,(H,13,14)(H,15,16). The van der Waals surface area contributed by atoms with Gasteiger partial charge in [-0.15, -0.1) is 0 Å². The van der Waals surface area contributed by atoms with Gasteiger partial charge in [-0.3, -0.25) is 5.10 Å². The first kappa shape index (κ1) is 9.89. The fourth-order valence-electron chi connectivity index (χ4n) is 1.81. The molecular formula is C12H12N4O. The third kappa shape index (κ3) is 1.56. The number of imidazole rings is 1. The Labute approximate surface area is 97.5 Å². The van der Waals surface area contributed by atoms with E-state index in [2.05, 4.69) is 20.2 Å². The van der Waals surface area contributed by atoms with Crippen LogP contribution in [-0.4, -0.2) is 25.3 Å². The number of aryl methyl sites for hydroxylation is 1. The van der Waals surface area contributed by atoms with Crippen molar-refractivity contribution < 1.29 is 5.11 Å². The summed E-state index contributed by atoms with van der Waals surface area (Å²) in [5.74, 6) is 0.869. The van der Waals surface area contributed by atoms with Gasteiger partial charge in [-0.25, -0.2) is 4.98 Å². The van der Waals surface area contributed by atoms with E-state index in [0.717, 1.165) is 23.3 Å². The fourth-order valence-corrected chi connectivity index (χ4v) is 1.81. The number of benzene rings is 1. The van der Waals surface area contributed by atoms with E-state index in [9.17, 15) is 5.11 Å². The second-order valence-electron chi connectivity index (χ2n) is 3.89. The Kier molecular flexibility index (Phi) is 2.11. The minimum atomic E-state index is 0.181. The highest BCUT2D eigenvalue weighted by Crippen LogP contribution is 2.25. The van der Waals surface area contributed by atoms with Gasteiger partial charge >= 0.3 is 0 Å². The maximum Gasteiger partial charge on any atom is 0.156 e. The largest absolute Gasteiger partial charge is 0.506 e. The first-order chi connectivity index (χ1) is 8.28. The number of aromatic nitrogens is 4. The molecule has 5 nitrogen and oxygen atoms in total. The lowest BCUT2D eigenvalue weighted by Crippen LogP contribution is -1.79. The van der Waals surface area contributed by atoms with Crippen molar-refractivity contribution in [3.8, 4) is 17.3 Å². The summed E-state index contributed by atoms with van der Waals surface area (Å²) in [6.07, 6.45) is 0.877. The SMILES string of the molecule is CCc1cc(-c2nc3c(O)cccc3[nH]2)[nH]n1. The maximum absolute atomic E-state index is 9.67. The highest BCUT2D eigenvalue weighted by molar-refractivity contribution is 5.84. The molecule has 0 spiro atoms. The Morgan fingerprint density at radius 3 is 2.94 bits per heavy atom. The minimum absolute atomic E-state index is 0.181. The van der Waals surface area contributed by atoms with E-state index < -0.39 is 0 Å². The number of nitrogens with one attached hydrogen (secondary N) is 2. The number of phenols is 1. The van der Waals surface area contributed by atoms with Crippen LogP contribution in [0, 0.1) is 0 Å². The van der Waals surface area contributed by atoms with Crippen LogP contribution in [0.5, 0.6) is 5.75 Å². The summed E-state index contributed by atoms with van der Waals surface area (Å²) in [6, 6.07) is 7.23. The number of phenolic OH excluding ortho intramolecular Hbond substituents is 1. The monoisotopic (exact) mass is 228 g/mol. The molecule has 3 rings (SSSR count). The molecule has 0 aliphatic rings. The zero-order valence-electron chi connectivity index (χ0n) is 9.36. The molecule has 2 heterocycles. The molecule has 2 aromatic heterocycles. The highest BCUT2D eigenvalue weighted by atomic mass is 16.3. The predicted molar refractivity (Wildman–Crippen MR) is 64.7 cm³/mol. The molecule has 0 atom stereocenters. The van der Waals surface area contributed by atoms with E-state index in [1.165, 1.54) is 0 Å². The second kappa shape index (κ2) is 3.62. The summed E-state index contributed by atoms with van der Waals surface area (Å²) in [6.45, 7) is 2.05. The normalized spacial score (nSPS) is 11.1. The van der Waals surface area contributed by atoms with E-state index in [4.69, 9.17) is 0 Å². The van der Waals surface area contributed by atoms with E-state index in [0.29, 0.717) is 11.3 Å². The number of nitrogens with zero attached hydrogens (tertiary/aromatic N) is 2. The number of H-pyrrole nitrogens is 2. The molecule has 0 radical (unpaired) electrons. The van der Waals surface area contributed by atoms with Crippen molar-refractivity contribution in [2.45, 2.75) is 13.3 Å². The van der Waals surface area contributed by atoms with Crippen LogP contribution in [-0.2, 0) is 6.42 Å². The van der Waals surface area contributed by atoms with Crippen LogP contribution in [0.25, 0.3) is 22.6 Å². The number of aromatic amines is 2. The number of para-hydroxylation sites is 1. The number of aromatic hydroxyl groups is 1. The molecule has 86 valence electrons. The lowest BCUT2D eigenvalue weighted by Gasteiger charge is -1.89. The first-order valence-electron chi connectivity index (χ1n) is 5.50. The average molecular weight is 228 g/mol. The van der Waals surface area contributed by atoms with Gasteiger partial charge in [-0.05, 0) is 24.6 Å². The number of rotatable bonds is 2. The minimum Gasteiger partial charge on any atom is -0.506 e. The van der Waals surface area contributed by atoms with Crippen LogP contribution < -0.4 is 0 Å². The zero-order chi connectivity index (χ0) is 11.8. The number of hydrogen-bond donors (Lipinski definition) is 3. The molecular weight excluding hydrogens is 216 g/mol. The van der Waals surface area contributed by atoms with Crippen molar-refractivity contribution in [1.82, 2.24) is 20.2 Å². The van der Waals surface area contributed by atoms with Crippen LogP contribution in [0.1, 0.15) is 12.6 Å². The molecule has 0 aliphatic heterocycles. The van der Waals surface area contributed by atoms with E-state index in [-0.39, 0.29) is 5.75 Å². The molecule has 3 N–H and O–H groups in total. The maximum atomic E-state index is 9.67. The van der Waals surface area contributed by atoms with Crippen molar-refractivity contribution in [2.75, 3.05) is 0 Å². The van der Waals surface area contributed by atoms with Gasteiger partial charge in [0.05, 0.1) is 11.2 Å². The molecule has 0 aliphatic carbocycles. The Bertz CT molecular complexity index is 668. The summed E-state index contributed by atoms with van der Waals surface area (Å²) in [5, 5.41) is 16.8. The van der Waals surface area contributed by atoms with Gasteiger partial charge in [0.25, 0.3) is 0 Å². The van der Waals surface area contributed by atoms with E-state index in [1.54, 1.807) is 12.1 Å². The molecule has 0 bridgehead atoms. The van der Waals surface area contributed by atoms with Gasteiger partial charge in [0.15, 0.2) is 5.82 Å². The smallest absolute Gasteiger partial charge is 0.156 e. The molecule has 3 aromatic rings. The summed E-state index contributed by atoms with van der Waals surface area (Å²) >= 11 is 0. The number of fused-ring (bicyclic) bond motifs is 1.